The average molecular weight is 569 g/mol. The van der Waals surface area contributed by atoms with Crippen molar-refractivity contribution in [3.63, 3.8) is 0 Å². The first-order chi connectivity index (χ1) is 18.1. The van der Waals surface area contributed by atoms with Crippen molar-refractivity contribution in [1.82, 2.24) is 9.88 Å². The number of ether oxygens (including phenoxy) is 1. The predicted molar refractivity (Wildman–Crippen MR) is 120 cm³/mol. The second kappa shape index (κ2) is 12.9. The molecule has 1 unspecified atom stereocenters. The summed E-state index contributed by atoms with van der Waals surface area (Å²) in [6, 6.07) is 5.81. The first-order valence-corrected chi connectivity index (χ1v) is 11.3. The van der Waals surface area contributed by atoms with Crippen LogP contribution in [0.5, 0.6) is 0 Å². The second-order valence-corrected chi connectivity index (χ2v) is 8.52. The molecule has 216 valence electrons. The Kier molecular flexibility index (Phi) is 10.5. The maximum atomic E-state index is 12.5. The van der Waals surface area contributed by atoms with Crippen molar-refractivity contribution in [2.75, 3.05) is 24.6 Å². The lowest BCUT2D eigenvalue weighted by Crippen LogP contribution is -2.64. The molecule has 4 heterocycles. The number of amides is 1. The Morgan fingerprint density at radius 3 is 2.08 bits per heavy atom. The van der Waals surface area contributed by atoms with E-state index in [4.69, 9.17) is 29.0 Å². The van der Waals surface area contributed by atoms with Gasteiger partial charge in [-0.25, -0.2) is 9.59 Å². The lowest BCUT2D eigenvalue weighted by atomic mass is 9.82. The highest BCUT2D eigenvalue weighted by molar-refractivity contribution is 5.95. The van der Waals surface area contributed by atoms with Crippen LogP contribution >= 0.6 is 0 Å². The minimum absolute atomic E-state index is 0.00553. The van der Waals surface area contributed by atoms with E-state index in [-0.39, 0.29) is 24.2 Å². The van der Waals surface area contributed by atoms with Gasteiger partial charge in [0.05, 0.1) is 36.1 Å². The summed E-state index contributed by atoms with van der Waals surface area (Å²) in [4.78, 5) is 38.7. The minimum atomic E-state index is -5.08. The quantitative estimate of drug-likeness (QED) is 0.531. The summed E-state index contributed by atoms with van der Waals surface area (Å²) in [6.45, 7) is 5.03. The van der Waals surface area contributed by atoms with Crippen LogP contribution < -0.4 is 4.90 Å². The molecule has 1 atom stereocenters. The Bertz CT molecular complexity index is 1060. The van der Waals surface area contributed by atoms with E-state index >= 15 is 0 Å². The van der Waals surface area contributed by atoms with Gasteiger partial charge in [-0.3, -0.25) is 14.7 Å². The van der Waals surface area contributed by atoms with Gasteiger partial charge in [0.1, 0.15) is 6.61 Å². The standard InChI is InChI=1S/C19H23N3O3.2C2HF3O2/c1-15-19(5-8-21(9-6-19)12-16-4-10-24-13-16)25-14-18(23)22(15)17-3-2-7-20-11-17;2*3-2(4,5)1(6)7/h2-4,7,10-11,13,15H,5-6,8-9,12,14H2,1H3;2*(H,6,7). The van der Waals surface area contributed by atoms with Crippen LogP contribution in [-0.4, -0.2) is 81.6 Å². The molecule has 1 spiro atoms. The Morgan fingerprint density at radius 2 is 1.64 bits per heavy atom. The normalized spacial score (nSPS) is 19.4. The van der Waals surface area contributed by atoms with Crippen LogP contribution in [-0.2, 0) is 25.7 Å². The van der Waals surface area contributed by atoms with E-state index in [9.17, 15) is 31.1 Å². The number of alkyl halides is 6. The molecule has 2 aliphatic heterocycles. The SMILES string of the molecule is CC1N(c2cccnc2)C(=O)COC12CCN(Cc1ccoc1)CC2.O=C(O)C(F)(F)F.O=C(O)C(F)(F)F. The molecule has 39 heavy (non-hydrogen) atoms. The topological polar surface area (TPSA) is 133 Å². The summed E-state index contributed by atoms with van der Waals surface area (Å²) >= 11 is 0. The smallest absolute Gasteiger partial charge is 0.475 e. The molecule has 4 rings (SSSR count). The number of carboxylic acids is 2. The number of anilines is 1. The van der Waals surface area contributed by atoms with Crippen LogP contribution in [0.4, 0.5) is 32.0 Å². The Hall–Kier alpha value is -3.66. The molecule has 2 aromatic heterocycles. The van der Waals surface area contributed by atoms with Crippen LogP contribution in [0.1, 0.15) is 25.3 Å². The number of piperidine rings is 1. The van der Waals surface area contributed by atoms with Crippen molar-refractivity contribution in [3.05, 3.63) is 48.7 Å². The van der Waals surface area contributed by atoms with Crippen molar-refractivity contribution in [3.8, 4) is 0 Å². The van der Waals surface area contributed by atoms with Crippen molar-refractivity contribution >= 4 is 23.5 Å². The number of rotatable bonds is 3. The molecule has 0 radical (unpaired) electrons. The molecule has 0 saturated carbocycles. The van der Waals surface area contributed by atoms with Gasteiger partial charge >= 0.3 is 24.3 Å². The zero-order valence-electron chi connectivity index (χ0n) is 20.4. The number of aromatic nitrogens is 1. The van der Waals surface area contributed by atoms with Crippen LogP contribution in [0.3, 0.4) is 0 Å². The van der Waals surface area contributed by atoms with Gasteiger partial charge in [0, 0.05) is 31.4 Å². The van der Waals surface area contributed by atoms with Crippen LogP contribution in [0.2, 0.25) is 0 Å². The lowest BCUT2D eigenvalue weighted by molar-refractivity contribution is -0.193. The lowest BCUT2D eigenvalue weighted by Gasteiger charge is -2.51. The fraction of sp³-hybridized carbons (Fsp3) is 0.478. The number of aliphatic carboxylic acids is 2. The largest absolute Gasteiger partial charge is 0.490 e. The molecule has 2 N–H and O–H groups in total. The molecule has 2 aromatic rings. The van der Waals surface area contributed by atoms with Gasteiger partial charge in [0.15, 0.2) is 0 Å². The minimum Gasteiger partial charge on any atom is -0.475 e. The first-order valence-electron chi connectivity index (χ1n) is 11.3. The van der Waals surface area contributed by atoms with Gasteiger partial charge in [-0.05, 0) is 38.0 Å². The van der Waals surface area contributed by atoms with Crippen molar-refractivity contribution in [2.24, 2.45) is 0 Å². The van der Waals surface area contributed by atoms with Gasteiger partial charge < -0.3 is 24.3 Å². The zero-order valence-corrected chi connectivity index (χ0v) is 20.4. The van der Waals surface area contributed by atoms with Crippen LogP contribution in [0.25, 0.3) is 0 Å². The van der Waals surface area contributed by atoms with Gasteiger partial charge in [0.25, 0.3) is 5.91 Å². The predicted octanol–water partition coefficient (Wildman–Crippen LogP) is 3.73. The molecule has 1 amide bonds. The maximum Gasteiger partial charge on any atom is 0.490 e. The first kappa shape index (κ1) is 31.6. The highest BCUT2D eigenvalue weighted by Crippen LogP contribution is 2.37. The number of hydrogen-bond donors (Lipinski definition) is 2. The van der Waals surface area contributed by atoms with E-state index in [2.05, 4.69) is 16.8 Å². The van der Waals surface area contributed by atoms with E-state index in [0.717, 1.165) is 38.2 Å². The molecular formula is C23H25F6N3O7. The molecule has 10 nitrogen and oxygen atoms in total. The van der Waals surface area contributed by atoms with Gasteiger partial charge in [-0.2, -0.15) is 26.3 Å². The van der Waals surface area contributed by atoms with Crippen molar-refractivity contribution in [2.45, 2.75) is 50.3 Å². The van der Waals surface area contributed by atoms with E-state index < -0.39 is 24.3 Å². The summed E-state index contributed by atoms with van der Waals surface area (Å²) in [7, 11) is 0. The van der Waals surface area contributed by atoms with Crippen LogP contribution in [0.15, 0.2) is 47.5 Å². The highest BCUT2D eigenvalue weighted by Gasteiger charge is 2.48. The van der Waals surface area contributed by atoms with Gasteiger partial charge in [-0.1, -0.05) is 0 Å². The third kappa shape index (κ3) is 8.95. The van der Waals surface area contributed by atoms with Gasteiger partial charge in [-0.15, -0.1) is 0 Å². The average Bonchev–Trinajstić information content (AvgIpc) is 3.37. The summed E-state index contributed by atoms with van der Waals surface area (Å²) in [5.41, 5.74) is 1.76. The molecule has 2 fully saturated rings. The number of carbonyl (C=O) groups excluding carboxylic acids is 1. The number of halogens is 6. The molecule has 2 aliphatic rings. The number of furan rings is 1. The Labute approximate surface area is 217 Å². The second-order valence-electron chi connectivity index (χ2n) is 8.52. The number of hydrogen-bond acceptors (Lipinski definition) is 7. The monoisotopic (exact) mass is 569 g/mol. The molecule has 0 bridgehead atoms. The number of morpholine rings is 1. The summed E-state index contributed by atoms with van der Waals surface area (Å²) in [5, 5.41) is 14.2. The summed E-state index contributed by atoms with van der Waals surface area (Å²) in [5.74, 6) is -5.51. The number of carboxylic acid groups (broad SMARTS) is 2. The number of carbonyl (C=O) groups is 3. The van der Waals surface area contributed by atoms with Gasteiger partial charge in [0.2, 0.25) is 0 Å². The van der Waals surface area contributed by atoms with Crippen molar-refractivity contribution < 1.29 is 60.1 Å². The third-order valence-corrected chi connectivity index (χ3v) is 6.00. The van der Waals surface area contributed by atoms with E-state index in [1.54, 1.807) is 24.9 Å². The Morgan fingerprint density at radius 1 is 1.08 bits per heavy atom. The van der Waals surface area contributed by atoms with Crippen molar-refractivity contribution in [1.29, 1.82) is 0 Å². The van der Waals surface area contributed by atoms with E-state index in [1.807, 2.05) is 23.1 Å². The molecule has 0 aliphatic carbocycles. The number of pyridine rings is 1. The molecule has 16 heteroatoms. The summed E-state index contributed by atoms with van der Waals surface area (Å²) < 4.78 is 74.7. The number of likely N-dealkylation sites (tertiary alicyclic amines) is 1. The summed E-state index contributed by atoms with van der Waals surface area (Å²) in [6.07, 6.45) is -1.35. The number of nitrogens with zero attached hydrogens (tertiary/aromatic N) is 3. The molecule has 0 aromatic carbocycles. The van der Waals surface area contributed by atoms with E-state index in [1.165, 1.54) is 5.56 Å². The maximum absolute atomic E-state index is 12.5. The molecule has 2 saturated heterocycles. The van der Waals surface area contributed by atoms with Crippen LogP contribution in [0, 0.1) is 0 Å². The fourth-order valence-corrected chi connectivity index (χ4v) is 4.00. The molecular weight excluding hydrogens is 544 g/mol. The zero-order chi connectivity index (χ0) is 29.4. The Balaban J connectivity index is 0.000000317. The highest BCUT2D eigenvalue weighted by atomic mass is 19.4. The fourth-order valence-electron chi connectivity index (χ4n) is 4.00. The third-order valence-electron chi connectivity index (χ3n) is 6.00. The van der Waals surface area contributed by atoms with E-state index in [0.29, 0.717) is 0 Å².